The van der Waals surface area contributed by atoms with Gasteiger partial charge in [-0.25, -0.2) is 13.1 Å². The normalized spacial score (nSPS) is 11.9. The van der Waals surface area contributed by atoms with Gasteiger partial charge in [0.15, 0.2) is 0 Å². The van der Waals surface area contributed by atoms with Gasteiger partial charge in [0.25, 0.3) is 0 Å². The van der Waals surface area contributed by atoms with Gasteiger partial charge in [-0.3, -0.25) is 0 Å². The predicted octanol–water partition coefficient (Wildman–Crippen LogP) is 0.522. The van der Waals surface area contributed by atoms with Crippen LogP contribution in [-0.2, 0) is 21.3 Å². The van der Waals surface area contributed by atoms with Crippen LogP contribution in [0.2, 0.25) is 0 Å². The second kappa shape index (κ2) is 6.31. The largest absolute Gasteiger partial charge is 0.380 e. The van der Waals surface area contributed by atoms with E-state index in [9.17, 15) is 8.42 Å². The monoisotopic (exact) mass is 264 g/mol. The summed E-state index contributed by atoms with van der Waals surface area (Å²) >= 11 is 1.34. The molecule has 0 aliphatic rings. The van der Waals surface area contributed by atoms with Crippen LogP contribution in [0.1, 0.15) is 11.8 Å². The van der Waals surface area contributed by atoms with E-state index in [0.717, 1.165) is 4.88 Å². The van der Waals surface area contributed by atoms with Crippen molar-refractivity contribution in [2.75, 3.05) is 19.8 Å². The van der Waals surface area contributed by atoms with Crippen molar-refractivity contribution in [3.8, 4) is 0 Å². The molecule has 7 heteroatoms. The van der Waals surface area contributed by atoms with E-state index >= 15 is 0 Å². The number of hydrogen-bond donors (Lipinski definition) is 2. The Morgan fingerprint density at radius 2 is 2.31 bits per heavy atom. The molecule has 0 aliphatic heterocycles. The lowest BCUT2D eigenvalue weighted by atomic mass is 10.5. The first-order valence-corrected chi connectivity index (χ1v) is 7.31. The van der Waals surface area contributed by atoms with E-state index in [4.69, 9.17) is 10.5 Å². The Morgan fingerprint density at radius 3 is 2.88 bits per heavy atom. The van der Waals surface area contributed by atoms with Crippen molar-refractivity contribution in [2.45, 2.75) is 18.4 Å². The molecule has 1 heterocycles. The van der Waals surface area contributed by atoms with E-state index < -0.39 is 10.0 Å². The number of sulfonamides is 1. The molecule has 16 heavy (non-hydrogen) atoms. The molecule has 0 amide bonds. The topological polar surface area (TPSA) is 81.4 Å². The Balaban J connectivity index is 2.56. The summed E-state index contributed by atoms with van der Waals surface area (Å²) in [6.45, 7) is 3.46. The number of nitrogens with one attached hydrogen (secondary N) is 1. The molecule has 0 fully saturated rings. The quantitative estimate of drug-likeness (QED) is 0.704. The molecule has 0 aromatic carbocycles. The maximum atomic E-state index is 11.7. The molecule has 0 aliphatic carbocycles. The zero-order chi connectivity index (χ0) is 12.0. The van der Waals surface area contributed by atoms with Gasteiger partial charge in [-0.1, -0.05) is 0 Å². The van der Waals surface area contributed by atoms with E-state index in [1.54, 1.807) is 11.4 Å². The Kier molecular flexibility index (Phi) is 5.36. The average molecular weight is 264 g/mol. The van der Waals surface area contributed by atoms with Gasteiger partial charge >= 0.3 is 0 Å². The Labute approximate surface area is 99.7 Å². The van der Waals surface area contributed by atoms with Crippen molar-refractivity contribution < 1.29 is 13.2 Å². The highest BCUT2D eigenvalue weighted by Gasteiger charge is 2.14. The third-order valence-electron chi connectivity index (χ3n) is 1.88. The standard InChI is InChI=1S/C9H16N2O3S2/c1-2-14-4-3-11-16(12,13)9-5-8(6-10)15-7-9/h5,7,11H,2-4,6,10H2,1H3. The summed E-state index contributed by atoms with van der Waals surface area (Å²) < 4.78 is 31.0. The number of hydrogen-bond acceptors (Lipinski definition) is 5. The summed E-state index contributed by atoms with van der Waals surface area (Å²) in [5.74, 6) is 0. The van der Waals surface area contributed by atoms with Crippen molar-refractivity contribution in [3.05, 3.63) is 16.3 Å². The van der Waals surface area contributed by atoms with Gasteiger partial charge in [0.2, 0.25) is 10.0 Å². The first kappa shape index (κ1) is 13.6. The molecule has 0 bridgehead atoms. The van der Waals surface area contributed by atoms with Gasteiger partial charge in [0.05, 0.1) is 11.5 Å². The van der Waals surface area contributed by atoms with Crippen molar-refractivity contribution in [3.63, 3.8) is 0 Å². The van der Waals surface area contributed by atoms with Gasteiger partial charge in [0, 0.05) is 30.0 Å². The van der Waals surface area contributed by atoms with E-state index in [2.05, 4.69) is 4.72 Å². The highest BCUT2D eigenvalue weighted by Crippen LogP contribution is 2.18. The second-order valence-corrected chi connectivity index (χ2v) is 5.81. The van der Waals surface area contributed by atoms with Crippen LogP contribution in [0.15, 0.2) is 16.3 Å². The molecule has 1 aromatic heterocycles. The smallest absolute Gasteiger partial charge is 0.241 e. The Bertz CT molecular complexity index is 414. The van der Waals surface area contributed by atoms with Crippen LogP contribution in [0, 0.1) is 0 Å². The molecular formula is C9H16N2O3S2. The van der Waals surface area contributed by atoms with Crippen LogP contribution < -0.4 is 10.5 Å². The summed E-state index contributed by atoms with van der Waals surface area (Å²) in [6.07, 6.45) is 0. The number of thiophene rings is 1. The van der Waals surface area contributed by atoms with Gasteiger partial charge in [-0.2, -0.15) is 0 Å². The molecule has 1 rings (SSSR count). The first-order valence-electron chi connectivity index (χ1n) is 4.95. The van der Waals surface area contributed by atoms with Crippen LogP contribution in [-0.4, -0.2) is 28.2 Å². The zero-order valence-corrected chi connectivity index (χ0v) is 10.7. The maximum Gasteiger partial charge on any atom is 0.241 e. The molecule has 0 unspecified atom stereocenters. The van der Waals surface area contributed by atoms with Crippen molar-refractivity contribution in [2.24, 2.45) is 5.73 Å². The fourth-order valence-electron chi connectivity index (χ4n) is 1.08. The van der Waals surface area contributed by atoms with Gasteiger partial charge < -0.3 is 10.5 Å². The summed E-state index contributed by atoms with van der Waals surface area (Å²) in [7, 11) is -3.41. The zero-order valence-electron chi connectivity index (χ0n) is 9.10. The van der Waals surface area contributed by atoms with E-state index in [1.165, 1.54) is 11.3 Å². The average Bonchev–Trinajstić information content (AvgIpc) is 2.73. The molecule has 5 nitrogen and oxygen atoms in total. The SMILES string of the molecule is CCOCCNS(=O)(=O)c1csc(CN)c1. The molecule has 92 valence electrons. The molecule has 0 spiro atoms. The fraction of sp³-hybridized carbons (Fsp3) is 0.556. The number of rotatable bonds is 7. The van der Waals surface area contributed by atoms with Crippen LogP contribution in [0.4, 0.5) is 0 Å². The lowest BCUT2D eigenvalue weighted by Crippen LogP contribution is -2.27. The third kappa shape index (κ3) is 3.84. The number of nitrogens with two attached hydrogens (primary N) is 1. The van der Waals surface area contributed by atoms with Crippen LogP contribution in [0.3, 0.4) is 0 Å². The van der Waals surface area contributed by atoms with E-state index in [-0.39, 0.29) is 11.4 Å². The molecule has 0 atom stereocenters. The van der Waals surface area contributed by atoms with Crippen molar-refractivity contribution in [1.82, 2.24) is 4.72 Å². The van der Waals surface area contributed by atoms with Crippen LogP contribution in [0.25, 0.3) is 0 Å². The molecule has 0 saturated heterocycles. The van der Waals surface area contributed by atoms with Gasteiger partial charge in [-0.05, 0) is 13.0 Å². The third-order valence-corrected chi connectivity index (χ3v) is 4.43. The number of ether oxygens (including phenoxy) is 1. The minimum atomic E-state index is -3.41. The molecular weight excluding hydrogens is 248 g/mol. The molecule has 3 N–H and O–H groups in total. The van der Waals surface area contributed by atoms with Crippen LogP contribution in [0.5, 0.6) is 0 Å². The summed E-state index contributed by atoms with van der Waals surface area (Å²) in [5.41, 5.74) is 5.42. The first-order chi connectivity index (χ1) is 7.60. The Morgan fingerprint density at radius 1 is 1.56 bits per heavy atom. The van der Waals surface area contributed by atoms with Crippen LogP contribution >= 0.6 is 11.3 Å². The lowest BCUT2D eigenvalue weighted by molar-refractivity contribution is 0.153. The Hall–Kier alpha value is -0.470. The van der Waals surface area contributed by atoms with E-state index in [1.807, 2.05) is 6.92 Å². The minimum Gasteiger partial charge on any atom is -0.380 e. The highest BCUT2D eigenvalue weighted by atomic mass is 32.2. The summed E-state index contributed by atoms with van der Waals surface area (Å²) in [5, 5.41) is 1.59. The van der Waals surface area contributed by atoms with E-state index in [0.29, 0.717) is 19.8 Å². The summed E-state index contributed by atoms with van der Waals surface area (Å²) in [4.78, 5) is 1.12. The summed E-state index contributed by atoms with van der Waals surface area (Å²) in [6, 6.07) is 1.59. The van der Waals surface area contributed by atoms with Gasteiger partial charge in [0.1, 0.15) is 0 Å². The predicted molar refractivity (Wildman–Crippen MR) is 63.9 cm³/mol. The van der Waals surface area contributed by atoms with Gasteiger partial charge in [-0.15, -0.1) is 11.3 Å². The molecule has 0 saturated carbocycles. The fourth-order valence-corrected chi connectivity index (χ4v) is 3.25. The lowest BCUT2D eigenvalue weighted by Gasteiger charge is -2.04. The van der Waals surface area contributed by atoms with Crippen molar-refractivity contribution in [1.29, 1.82) is 0 Å². The maximum absolute atomic E-state index is 11.7. The molecule has 0 radical (unpaired) electrons. The second-order valence-electron chi connectivity index (χ2n) is 3.05. The highest BCUT2D eigenvalue weighted by molar-refractivity contribution is 7.89. The minimum absolute atomic E-state index is 0.273. The van der Waals surface area contributed by atoms with Crippen molar-refractivity contribution >= 4 is 21.4 Å². The molecule has 1 aromatic rings.